The molecular formula is C38H68O8. The van der Waals surface area contributed by atoms with Crippen LogP contribution in [-0.2, 0) is 23.7 Å². The van der Waals surface area contributed by atoms with Gasteiger partial charge in [-0.2, -0.15) is 0 Å². The molecule has 3 N–H and O–H groups in total. The summed E-state index contributed by atoms with van der Waals surface area (Å²) in [6.45, 7) is 8.01. The van der Waals surface area contributed by atoms with Crippen LogP contribution >= 0.6 is 0 Å². The molecule has 0 bridgehead atoms. The molecule has 8 heteroatoms. The molecule has 0 aromatic rings. The standard InChI is InChI=1S/C38H68O8/c1-5-6-7-8-9-10-11-12-13-17-20-33(40)35-23-24-36(44-35)34(41)22-21-32-27-31(45-38(3,4)46-32)19-16-14-15-18-30(39)26-29-25-28(2)43-37(29)42/h25,28,30-36,39-41H,5-24,26-27H2,1-4H3/t28-,30+,31-,32-,33-,34+,35+,36+/m0/s1. The highest BCUT2D eigenvalue weighted by molar-refractivity contribution is 5.90. The largest absolute Gasteiger partial charge is 0.455 e. The number of carbonyl (C=O) groups is 1. The topological polar surface area (TPSA) is 115 Å². The fourth-order valence-electron chi connectivity index (χ4n) is 7.46. The van der Waals surface area contributed by atoms with Crippen molar-refractivity contribution in [1.82, 2.24) is 0 Å². The van der Waals surface area contributed by atoms with E-state index in [0.717, 1.165) is 64.2 Å². The van der Waals surface area contributed by atoms with Crippen LogP contribution in [0.5, 0.6) is 0 Å². The van der Waals surface area contributed by atoms with Gasteiger partial charge in [-0.3, -0.25) is 0 Å². The minimum atomic E-state index is -0.664. The third-order valence-corrected chi connectivity index (χ3v) is 10.0. The molecule has 3 heterocycles. The summed E-state index contributed by atoms with van der Waals surface area (Å²) in [6, 6.07) is 0. The summed E-state index contributed by atoms with van der Waals surface area (Å²) < 4.78 is 23.7. The van der Waals surface area contributed by atoms with E-state index in [0.29, 0.717) is 24.8 Å². The van der Waals surface area contributed by atoms with Crippen molar-refractivity contribution in [3.8, 4) is 0 Å². The Hall–Kier alpha value is -1.03. The molecule has 0 aromatic carbocycles. The van der Waals surface area contributed by atoms with Gasteiger partial charge in [-0.1, -0.05) is 90.4 Å². The smallest absolute Gasteiger partial charge is 0.334 e. The van der Waals surface area contributed by atoms with Gasteiger partial charge in [0.25, 0.3) is 0 Å². The molecule has 8 nitrogen and oxygen atoms in total. The molecule has 0 amide bonds. The van der Waals surface area contributed by atoms with Gasteiger partial charge in [-0.25, -0.2) is 4.79 Å². The average Bonchev–Trinajstić information content (AvgIpc) is 3.62. The quantitative estimate of drug-likeness (QED) is 0.0714. The van der Waals surface area contributed by atoms with Gasteiger partial charge < -0.3 is 34.3 Å². The Morgan fingerprint density at radius 3 is 1.91 bits per heavy atom. The number of rotatable bonds is 24. The summed E-state index contributed by atoms with van der Waals surface area (Å²) in [6.07, 6.45) is 22.1. The lowest BCUT2D eigenvalue weighted by atomic mass is 9.96. The number of aliphatic hydroxyl groups excluding tert-OH is 3. The van der Waals surface area contributed by atoms with Crippen LogP contribution in [0.3, 0.4) is 0 Å². The van der Waals surface area contributed by atoms with Crippen molar-refractivity contribution < 1.29 is 39.1 Å². The Morgan fingerprint density at radius 2 is 1.30 bits per heavy atom. The zero-order valence-electron chi connectivity index (χ0n) is 29.6. The van der Waals surface area contributed by atoms with Crippen molar-refractivity contribution in [2.24, 2.45) is 0 Å². The summed E-state index contributed by atoms with van der Waals surface area (Å²) in [5, 5.41) is 32.0. The van der Waals surface area contributed by atoms with Gasteiger partial charge in [0.05, 0.1) is 42.7 Å². The maximum Gasteiger partial charge on any atom is 0.334 e. The summed E-state index contributed by atoms with van der Waals surface area (Å²) >= 11 is 0. The van der Waals surface area contributed by atoms with Crippen molar-refractivity contribution in [3.63, 3.8) is 0 Å². The van der Waals surface area contributed by atoms with Crippen LogP contribution in [0.2, 0.25) is 0 Å². The molecule has 268 valence electrons. The van der Waals surface area contributed by atoms with Crippen molar-refractivity contribution in [3.05, 3.63) is 11.6 Å². The van der Waals surface area contributed by atoms with E-state index in [1.807, 2.05) is 20.8 Å². The molecular weight excluding hydrogens is 584 g/mol. The summed E-state index contributed by atoms with van der Waals surface area (Å²) in [5.41, 5.74) is 0.588. The van der Waals surface area contributed by atoms with Gasteiger partial charge in [-0.15, -0.1) is 0 Å². The fraction of sp³-hybridized carbons (Fsp3) is 0.921. The third-order valence-electron chi connectivity index (χ3n) is 10.0. The first-order chi connectivity index (χ1) is 22.1. The zero-order valence-corrected chi connectivity index (χ0v) is 29.6. The first kappa shape index (κ1) is 39.4. The zero-order chi connectivity index (χ0) is 33.4. The molecule has 3 aliphatic heterocycles. The van der Waals surface area contributed by atoms with Crippen LogP contribution in [0, 0.1) is 0 Å². The molecule has 3 rings (SSSR count). The number of esters is 1. The Morgan fingerprint density at radius 1 is 0.761 bits per heavy atom. The molecule has 0 aromatic heterocycles. The molecule has 0 aliphatic carbocycles. The normalized spacial score (nSPS) is 28.2. The van der Waals surface area contributed by atoms with Crippen molar-refractivity contribution >= 4 is 5.97 Å². The maximum absolute atomic E-state index is 11.8. The SMILES string of the molecule is CCCCCCCCCCCC[C@H](O)[C@H]1CC[C@H]([C@H](O)CC[C@H]2C[C@H](CCCCC[C@@H](O)CC3=C[C@H](C)OC3=O)OC(C)(C)O2)O1. The van der Waals surface area contributed by atoms with Gasteiger partial charge in [0, 0.05) is 18.4 Å². The van der Waals surface area contributed by atoms with Crippen LogP contribution in [0.1, 0.15) is 169 Å². The number of hydrogen-bond acceptors (Lipinski definition) is 8. The Balaban J connectivity index is 1.25. The average molecular weight is 653 g/mol. The van der Waals surface area contributed by atoms with Gasteiger partial charge >= 0.3 is 5.97 Å². The number of carbonyl (C=O) groups excluding carboxylic acids is 1. The second-order valence-electron chi connectivity index (χ2n) is 14.9. The first-order valence-corrected chi connectivity index (χ1v) is 19.0. The summed E-state index contributed by atoms with van der Waals surface area (Å²) in [7, 11) is 0. The van der Waals surface area contributed by atoms with E-state index >= 15 is 0 Å². The van der Waals surface area contributed by atoms with Crippen molar-refractivity contribution in [2.75, 3.05) is 0 Å². The monoisotopic (exact) mass is 652 g/mol. The molecule has 3 aliphatic rings. The lowest BCUT2D eigenvalue weighted by Gasteiger charge is -2.41. The molecule has 0 spiro atoms. The highest BCUT2D eigenvalue weighted by Gasteiger charge is 2.37. The van der Waals surface area contributed by atoms with Gasteiger partial charge in [0.15, 0.2) is 5.79 Å². The second-order valence-corrected chi connectivity index (χ2v) is 14.9. The third kappa shape index (κ3) is 15.0. The molecule has 2 saturated heterocycles. The molecule has 0 unspecified atom stereocenters. The second kappa shape index (κ2) is 21.1. The number of unbranched alkanes of at least 4 members (excludes halogenated alkanes) is 11. The van der Waals surface area contributed by atoms with E-state index in [1.54, 1.807) is 6.08 Å². The number of aliphatic hydroxyl groups is 3. The molecule has 2 fully saturated rings. The van der Waals surface area contributed by atoms with Crippen LogP contribution in [0.25, 0.3) is 0 Å². The van der Waals surface area contributed by atoms with Gasteiger partial charge in [0.1, 0.15) is 6.10 Å². The van der Waals surface area contributed by atoms with Crippen LogP contribution in [0.4, 0.5) is 0 Å². The number of ether oxygens (including phenoxy) is 4. The molecule has 46 heavy (non-hydrogen) atoms. The highest BCUT2D eigenvalue weighted by Crippen LogP contribution is 2.33. The Labute approximate surface area is 280 Å². The van der Waals surface area contributed by atoms with Crippen molar-refractivity contribution in [1.29, 1.82) is 0 Å². The first-order valence-electron chi connectivity index (χ1n) is 19.0. The van der Waals surface area contributed by atoms with Crippen LogP contribution < -0.4 is 0 Å². The van der Waals surface area contributed by atoms with E-state index in [1.165, 1.54) is 57.8 Å². The lowest BCUT2D eigenvalue weighted by Crippen LogP contribution is -2.45. The summed E-state index contributed by atoms with van der Waals surface area (Å²) in [4.78, 5) is 11.8. The molecule has 0 saturated carbocycles. The lowest BCUT2D eigenvalue weighted by molar-refractivity contribution is -0.302. The van der Waals surface area contributed by atoms with Crippen molar-refractivity contribution in [2.45, 2.75) is 224 Å². The number of hydrogen-bond donors (Lipinski definition) is 3. The highest BCUT2D eigenvalue weighted by atomic mass is 16.7. The minimum absolute atomic E-state index is 0.0196. The van der Waals surface area contributed by atoms with Gasteiger partial charge in [0.2, 0.25) is 0 Å². The predicted molar refractivity (Wildman–Crippen MR) is 181 cm³/mol. The van der Waals surface area contributed by atoms with Crippen LogP contribution in [0.15, 0.2) is 11.6 Å². The van der Waals surface area contributed by atoms with E-state index in [4.69, 9.17) is 18.9 Å². The molecule has 8 atom stereocenters. The minimum Gasteiger partial charge on any atom is -0.455 e. The fourth-order valence-corrected chi connectivity index (χ4v) is 7.46. The van der Waals surface area contributed by atoms with Crippen LogP contribution in [-0.4, -0.2) is 75.9 Å². The predicted octanol–water partition coefficient (Wildman–Crippen LogP) is 7.83. The summed E-state index contributed by atoms with van der Waals surface area (Å²) in [5.74, 6) is -0.968. The number of cyclic esters (lactones) is 1. The Bertz CT molecular complexity index is 875. The van der Waals surface area contributed by atoms with Gasteiger partial charge in [-0.05, 0) is 71.8 Å². The van der Waals surface area contributed by atoms with E-state index in [2.05, 4.69) is 6.92 Å². The molecule has 0 radical (unpaired) electrons. The Kier molecular flexibility index (Phi) is 18.1. The van der Waals surface area contributed by atoms with E-state index < -0.39 is 24.1 Å². The van der Waals surface area contributed by atoms with E-state index in [-0.39, 0.29) is 36.5 Å². The maximum atomic E-state index is 11.8. The van der Waals surface area contributed by atoms with E-state index in [9.17, 15) is 20.1 Å².